The summed E-state index contributed by atoms with van der Waals surface area (Å²) in [7, 11) is 1.39. The molecule has 1 heterocycles. The van der Waals surface area contributed by atoms with Crippen molar-refractivity contribution < 1.29 is 9.53 Å². The Bertz CT molecular complexity index is 705. The van der Waals surface area contributed by atoms with Gasteiger partial charge >= 0.3 is 5.97 Å². The number of ether oxygens (including phenoxy) is 1. The number of halogens is 2. The van der Waals surface area contributed by atoms with Crippen LogP contribution < -0.4 is 10.6 Å². The predicted molar refractivity (Wildman–Crippen MR) is 86.8 cm³/mol. The van der Waals surface area contributed by atoms with E-state index >= 15 is 0 Å². The smallest absolute Gasteiger partial charge is 0.312 e. The largest absolute Gasteiger partial charge is 0.469 e. The summed E-state index contributed by atoms with van der Waals surface area (Å²) in [6.07, 6.45) is 4.38. The van der Waals surface area contributed by atoms with Crippen LogP contribution in [0, 0.1) is 5.92 Å². The topological polar surface area (TPSA) is 50.4 Å². The van der Waals surface area contributed by atoms with Gasteiger partial charge in [0.05, 0.1) is 30.1 Å². The van der Waals surface area contributed by atoms with E-state index in [1.165, 1.54) is 7.11 Å². The van der Waals surface area contributed by atoms with Crippen molar-refractivity contribution in [2.24, 2.45) is 5.92 Å². The predicted octanol–water partition coefficient (Wildman–Crippen LogP) is 3.36. The fraction of sp³-hybridized carbons (Fsp3) is 0.188. The van der Waals surface area contributed by atoms with E-state index in [4.69, 9.17) is 27.9 Å². The number of benzene rings is 1. The third kappa shape index (κ3) is 2.85. The Kier molecular flexibility index (Phi) is 4.14. The summed E-state index contributed by atoms with van der Waals surface area (Å²) in [4.78, 5) is 11.6. The van der Waals surface area contributed by atoms with Crippen LogP contribution in [-0.2, 0) is 9.53 Å². The zero-order valence-electron chi connectivity index (χ0n) is 11.8. The molecule has 4 nitrogen and oxygen atoms in total. The fourth-order valence-electron chi connectivity index (χ4n) is 2.44. The van der Waals surface area contributed by atoms with Crippen molar-refractivity contribution in [1.29, 1.82) is 0 Å². The second-order valence-electron chi connectivity index (χ2n) is 5.01. The molecule has 0 saturated heterocycles. The molecule has 2 aliphatic rings. The normalized spacial score (nSPS) is 20.2. The molecule has 22 heavy (non-hydrogen) atoms. The fourth-order valence-corrected chi connectivity index (χ4v) is 2.83. The van der Waals surface area contributed by atoms with Gasteiger partial charge in [-0.2, -0.15) is 0 Å². The lowest BCUT2D eigenvalue weighted by molar-refractivity contribution is -0.143. The van der Waals surface area contributed by atoms with Crippen LogP contribution in [0.5, 0.6) is 0 Å². The maximum Gasteiger partial charge on any atom is 0.312 e. The second-order valence-corrected chi connectivity index (χ2v) is 5.82. The maximum atomic E-state index is 11.6. The van der Waals surface area contributed by atoms with Gasteiger partial charge in [0.15, 0.2) is 0 Å². The Morgan fingerprint density at radius 3 is 2.59 bits per heavy atom. The van der Waals surface area contributed by atoms with E-state index in [1.807, 2.05) is 36.4 Å². The van der Waals surface area contributed by atoms with E-state index in [2.05, 4.69) is 10.6 Å². The number of hydrogen-bond acceptors (Lipinski definition) is 4. The first-order valence-electron chi connectivity index (χ1n) is 6.78. The molecule has 0 bridgehead atoms. The van der Waals surface area contributed by atoms with Crippen LogP contribution in [-0.4, -0.2) is 13.1 Å². The first-order valence-corrected chi connectivity index (χ1v) is 7.54. The van der Waals surface area contributed by atoms with Crippen LogP contribution in [0.2, 0.25) is 5.02 Å². The number of hydrogen-bond donors (Lipinski definition) is 2. The molecule has 2 N–H and O–H groups in total. The van der Waals surface area contributed by atoms with Gasteiger partial charge in [0.1, 0.15) is 5.16 Å². The van der Waals surface area contributed by atoms with Gasteiger partial charge in [0.2, 0.25) is 0 Å². The zero-order valence-corrected chi connectivity index (χ0v) is 13.3. The van der Waals surface area contributed by atoms with Crippen LogP contribution >= 0.6 is 23.2 Å². The molecule has 114 valence electrons. The van der Waals surface area contributed by atoms with E-state index in [0.29, 0.717) is 16.6 Å². The summed E-state index contributed by atoms with van der Waals surface area (Å²) in [5.74, 6) is -0.548. The van der Waals surface area contributed by atoms with Crippen molar-refractivity contribution >= 4 is 34.9 Å². The van der Waals surface area contributed by atoms with E-state index in [1.54, 1.807) is 0 Å². The van der Waals surface area contributed by atoms with Gasteiger partial charge in [-0.3, -0.25) is 4.79 Å². The summed E-state index contributed by atoms with van der Waals surface area (Å²) in [5.41, 5.74) is 3.38. The molecule has 0 amide bonds. The average molecular weight is 337 g/mol. The standard InChI is InChI=1S/C16H14Cl2N2O2/c1-22-16(21)10-4-7-12-13(8-10)20-15(18)14(19-12)9-2-5-11(17)6-3-9/h2-3,5-8,10,19-20H,4H2,1H3. The van der Waals surface area contributed by atoms with Crippen LogP contribution in [0.1, 0.15) is 12.0 Å². The van der Waals surface area contributed by atoms with Crippen molar-refractivity contribution in [3.8, 4) is 0 Å². The van der Waals surface area contributed by atoms with Gasteiger partial charge in [-0.15, -0.1) is 0 Å². The highest BCUT2D eigenvalue weighted by molar-refractivity contribution is 6.33. The van der Waals surface area contributed by atoms with Gasteiger partial charge in [-0.25, -0.2) is 0 Å². The summed E-state index contributed by atoms with van der Waals surface area (Å²) in [6, 6.07) is 7.40. The monoisotopic (exact) mass is 336 g/mol. The van der Waals surface area contributed by atoms with Crippen molar-refractivity contribution in [1.82, 2.24) is 10.6 Å². The number of rotatable bonds is 2. The molecule has 1 aromatic rings. The van der Waals surface area contributed by atoms with Crippen LogP contribution in [0.25, 0.3) is 5.70 Å². The Hall–Kier alpha value is -1.91. The first kappa shape index (κ1) is 15.0. The second kappa shape index (κ2) is 6.07. The SMILES string of the molecule is COC(=O)C1C=C2NC(Cl)=C(c3ccc(Cl)cc3)NC2=CC1. The minimum absolute atomic E-state index is 0.256. The molecule has 1 unspecified atom stereocenters. The Balaban J connectivity index is 1.89. The lowest BCUT2D eigenvalue weighted by Gasteiger charge is -2.29. The van der Waals surface area contributed by atoms with Crippen molar-refractivity contribution in [3.63, 3.8) is 0 Å². The van der Waals surface area contributed by atoms with Crippen molar-refractivity contribution in [2.45, 2.75) is 6.42 Å². The molecule has 0 spiro atoms. The Morgan fingerprint density at radius 1 is 1.18 bits per heavy atom. The molecule has 1 aliphatic heterocycles. The zero-order chi connectivity index (χ0) is 15.7. The highest BCUT2D eigenvalue weighted by atomic mass is 35.5. The van der Waals surface area contributed by atoms with Gasteiger partial charge in [0.25, 0.3) is 0 Å². The first-order chi connectivity index (χ1) is 10.6. The maximum absolute atomic E-state index is 11.6. The van der Waals surface area contributed by atoms with Gasteiger partial charge in [-0.1, -0.05) is 41.4 Å². The number of fused-ring (bicyclic) bond motifs is 1. The highest BCUT2D eigenvalue weighted by Crippen LogP contribution is 2.30. The van der Waals surface area contributed by atoms with Crippen LogP contribution in [0.4, 0.5) is 0 Å². The van der Waals surface area contributed by atoms with E-state index in [0.717, 1.165) is 22.7 Å². The summed E-state index contributed by atoms with van der Waals surface area (Å²) in [5, 5.41) is 7.56. The Morgan fingerprint density at radius 2 is 1.91 bits per heavy atom. The molecule has 6 heteroatoms. The molecule has 0 aromatic heterocycles. The van der Waals surface area contributed by atoms with E-state index in [9.17, 15) is 4.79 Å². The van der Waals surface area contributed by atoms with Gasteiger partial charge in [-0.05, 0) is 24.6 Å². The molecule has 1 aliphatic carbocycles. The quantitative estimate of drug-likeness (QED) is 0.642. The number of esters is 1. The summed E-state index contributed by atoms with van der Waals surface area (Å²) < 4.78 is 4.78. The summed E-state index contributed by atoms with van der Waals surface area (Å²) in [6.45, 7) is 0. The minimum Gasteiger partial charge on any atom is -0.469 e. The molecule has 3 rings (SSSR count). The molecule has 1 atom stereocenters. The third-order valence-electron chi connectivity index (χ3n) is 3.59. The Labute approximate surface area is 138 Å². The highest BCUT2D eigenvalue weighted by Gasteiger charge is 2.26. The van der Waals surface area contributed by atoms with Gasteiger partial charge in [0, 0.05) is 10.6 Å². The molecule has 0 fully saturated rings. The minimum atomic E-state index is -0.292. The lowest BCUT2D eigenvalue weighted by Crippen LogP contribution is -2.32. The van der Waals surface area contributed by atoms with Crippen LogP contribution in [0.15, 0.2) is 53.0 Å². The summed E-state index contributed by atoms with van der Waals surface area (Å²) >= 11 is 12.2. The number of carbonyl (C=O) groups is 1. The van der Waals surface area contributed by atoms with Gasteiger partial charge < -0.3 is 15.4 Å². The number of methoxy groups -OCH3 is 1. The average Bonchev–Trinajstić information content (AvgIpc) is 2.54. The molecule has 0 radical (unpaired) electrons. The van der Waals surface area contributed by atoms with Crippen molar-refractivity contribution in [2.75, 3.05) is 7.11 Å². The molecular weight excluding hydrogens is 323 g/mol. The number of allylic oxidation sites excluding steroid dienone is 1. The number of nitrogens with one attached hydrogen (secondary N) is 2. The molecule has 1 aromatic carbocycles. The van der Waals surface area contributed by atoms with E-state index in [-0.39, 0.29) is 11.9 Å². The van der Waals surface area contributed by atoms with Crippen molar-refractivity contribution in [3.05, 3.63) is 63.6 Å². The lowest BCUT2D eigenvalue weighted by atomic mass is 9.96. The third-order valence-corrected chi connectivity index (χ3v) is 4.13. The van der Waals surface area contributed by atoms with Crippen LogP contribution in [0.3, 0.4) is 0 Å². The number of carbonyl (C=O) groups excluding carboxylic acids is 1. The van der Waals surface area contributed by atoms with E-state index < -0.39 is 0 Å². The molecule has 0 saturated carbocycles. The molecular formula is C16H14Cl2N2O2.